The summed E-state index contributed by atoms with van der Waals surface area (Å²) in [6.45, 7) is 4.42. The second-order valence-electron chi connectivity index (χ2n) is 15.5. The summed E-state index contributed by atoms with van der Waals surface area (Å²) in [5, 5.41) is 20.1. The Hall–Kier alpha value is -7.05. The van der Waals surface area contributed by atoms with Crippen molar-refractivity contribution in [1.82, 2.24) is 40.3 Å². The van der Waals surface area contributed by atoms with E-state index in [1.165, 1.54) is 11.2 Å². The zero-order chi connectivity index (χ0) is 44.8. The number of aromatic nitrogens is 5. The Balaban J connectivity index is 0.716. The van der Waals surface area contributed by atoms with Gasteiger partial charge in [0, 0.05) is 74.1 Å². The zero-order valence-corrected chi connectivity index (χ0v) is 35.9. The average Bonchev–Trinajstić information content (AvgIpc) is 3.85. The van der Waals surface area contributed by atoms with E-state index in [1.54, 1.807) is 36.5 Å². The molecule has 3 aromatic carbocycles. The van der Waals surface area contributed by atoms with E-state index >= 15 is 0 Å². The highest BCUT2D eigenvalue weighted by Crippen LogP contribution is 2.32. The maximum absolute atomic E-state index is 13.2. The molecule has 18 heteroatoms. The first-order chi connectivity index (χ1) is 31.1. The molecule has 2 atom stereocenters. The van der Waals surface area contributed by atoms with Crippen molar-refractivity contribution >= 4 is 40.9 Å². The number of hydrogen-bond donors (Lipinski definition) is 4. The number of amides is 5. The van der Waals surface area contributed by atoms with E-state index in [9.17, 15) is 24.0 Å². The number of anilines is 2. The standard InChI is InChI=1S/C46H52N10O8/c1-30(50-44(59)32-9-6-10-33(25-32)48-26-40-53-54-43(55(40)2)38-19-20-47-29-49-38)31-13-15-34(16-14-31)64-24-5-3-4-21-62-22-8-23-63-28-42(58)51-37-12-7-11-35-36(37)27-56(46(35)61)39-17-18-41(57)52-45(39)60/h6-7,9-16,19-20,25,29-30,39,48H,3-5,8,17-18,21-24,26-28H2,1-2H3,(H,50,59)(H,51,58)(H,52,57,60). The number of hydrogen-bond acceptors (Lipinski definition) is 13. The van der Waals surface area contributed by atoms with Gasteiger partial charge >= 0.3 is 0 Å². The number of fused-ring (bicyclic) bond motifs is 1. The number of imide groups is 1. The van der Waals surface area contributed by atoms with Gasteiger partial charge in [-0.1, -0.05) is 24.3 Å². The third-order valence-electron chi connectivity index (χ3n) is 10.9. The molecule has 64 heavy (non-hydrogen) atoms. The van der Waals surface area contributed by atoms with Crippen molar-refractivity contribution in [1.29, 1.82) is 0 Å². The van der Waals surface area contributed by atoms with Crippen LogP contribution in [0.3, 0.4) is 0 Å². The minimum atomic E-state index is -0.728. The van der Waals surface area contributed by atoms with Crippen molar-refractivity contribution in [2.75, 3.05) is 43.7 Å². The molecule has 0 spiro atoms. The Labute approximate surface area is 370 Å². The first-order valence-electron chi connectivity index (χ1n) is 21.4. The van der Waals surface area contributed by atoms with Crippen molar-refractivity contribution in [3.63, 3.8) is 0 Å². The molecule has 2 unspecified atom stereocenters. The van der Waals surface area contributed by atoms with Crippen LogP contribution in [-0.2, 0) is 44.0 Å². The van der Waals surface area contributed by atoms with Crippen molar-refractivity contribution in [2.45, 2.75) is 70.6 Å². The lowest BCUT2D eigenvalue weighted by molar-refractivity contribution is -0.137. The maximum Gasteiger partial charge on any atom is 0.255 e. The molecule has 0 bridgehead atoms. The van der Waals surface area contributed by atoms with E-state index in [-0.39, 0.29) is 55.7 Å². The highest BCUT2D eigenvalue weighted by atomic mass is 16.5. The third-order valence-corrected chi connectivity index (χ3v) is 10.9. The predicted molar refractivity (Wildman–Crippen MR) is 235 cm³/mol. The molecule has 7 rings (SSSR count). The summed E-state index contributed by atoms with van der Waals surface area (Å²) in [6.07, 6.45) is 6.91. The molecule has 2 aliphatic heterocycles. The number of nitrogens with one attached hydrogen (secondary N) is 4. The van der Waals surface area contributed by atoms with E-state index in [1.807, 2.05) is 61.0 Å². The van der Waals surface area contributed by atoms with Crippen LogP contribution >= 0.6 is 0 Å². The van der Waals surface area contributed by atoms with Crippen LogP contribution in [0.5, 0.6) is 5.75 Å². The minimum Gasteiger partial charge on any atom is -0.494 e. The minimum absolute atomic E-state index is 0.151. The molecule has 0 saturated carbocycles. The van der Waals surface area contributed by atoms with Gasteiger partial charge in [0.2, 0.25) is 17.7 Å². The Morgan fingerprint density at radius 3 is 2.52 bits per heavy atom. The van der Waals surface area contributed by atoms with Crippen LogP contribution < -0.4 is 26.0 Å². The maximum atomic E-state index is 13.2. The molecular weight excluding hydrogens is 821 g/mol. The SMILES string of the molecule is CC(NC(=O)c1cccc(NCc2nnc(-c3ccncn3)n2C)c1)c1ccc(OCCCCCOCCCOCC(=O)Nc2cccc3c2CN(C2CCC(=O)NC2=O)C3=O)cc1. The van der Waals surface area contributed by atoms with E-state index in [0.29, 0.717) is 79.1 Å². The topological polar surface area (TPSA) is 221 Å². The average molecular weight is 873 g/mol. The van der Waals surface area contributed by atoms with Crippen LogP contribution in [-0.4, -0.2) is 98.2 Å². The summed E-state index contributed by atoms with van der Waals surface area (Å²) in [5.41, 5.74) is 4.51. The van der Waals surface area contributed by atoms with Gasteiger partial charge in [0.1, 0.15) is 30.4 Å². The molecule has 2 aliphatic rings. The summed E-state index contributed by atoms with van der Waals surface area (Å²) in [5.74, 6) is 0.450. The number of carbonyl (C=O) groups excluding carboxylic acids is 5. The summed E-state index contributed by atoms with van der Waals surface area (Å²) in [4.78, 5) is 72.4. The molecule has 334 valence electrons. The van der Waals surface area contributed by atoms with Crippen LogP contribution in [0.1, 0.15) is 89.2 Å². The fraction of sp³-hybridized carbons (Fsp3) is 0.370. The van der Waals surface area contributed by atoms with E-state index in [4.69, 9.17) is 14.2 Å². The lowest BCUT2D eigenvalue weighted by atomic mass is 10.0. The fourth-order valence-corrected chi connectivity index (χ4v) is 7.42. The van der Waals surface area contributed by atoms with Gasteiger partial charge in [0.15, 0.2) is 11.6 Å². The second-order valence-corrected chi connectivity index (χ2v) is 15.5. The Morgan fingerprint density at radius 2 is 1.70 bits per heavy atom. The molecule has 18 nitrogen and oxygen atoms in total. The fourth-order valence-electron chi connectivity index (χ4n) is 7.42. The van der Waals surface area contributed by atoms with Gasteiger partial charge in [-0.15, -0.1) is 10.2 Å². The molecule has 4 N–H and O–H groups in total. The van der Waals surface area contributed by atoms with Gasteiger partial charge in [0.05, 0.1) is 19.2 Å². The van der Waals surface area contributed by atoms with Crippen LogP contribution in [0.4, 0.5) is 11.4 Å². The van der Waals surface area contributed by atoms with Crippen LogP contribution in [0, 0.1) is 0 Å². The number of nitrogens with zero attached hydrogens (tertiary/aromatic N) is 6. The molecular formula is C46H52N10O8. The molecule has 4 heterocycles. The lowest BCUT2D eigenvalue weighted by Crippen LogP contribution is -2.52. The number of ether oxygens (including phenoxy) is 3. The quantitative estimate of drug-likeness (QED) is 0.0546. The molecule has 2 aromatic heterocycles. The largest absolute Gasteiger partial charge is 0.494 e. The number of rotatable bonds is 22. The molecule has 1 saturated heterocycles. The normalized spacial score (nSPS) is 15.1. The summed E-state index contributed by atoms with van der Waals surface area (Å²) in [7, 11) is 1.88. The molecule has 0 aliphatic carbocycles. The van der Waals surface area contributed by atoms with Crippen molar-refractivity contribution in [3.05, 3.63) is 113 Å². The lowest BCUT2D eigenvalue weighted by Gasteiger charge is -2.29. The smallest absolute Gasteiger partial charge is 0.255 e. The predicted octanol–water partition coefficient (Wildman–Crippen LogP) is 4.75. The Kier molecular flexibility index (Phi) is 15.4. The van der Waals surface area contributed by atoms with E-state index in [0.717, 1.165) is 36.3 Å². The van der Waals surface area contributed by atoms with Crippen molar-refractivity contribution < 1.29 is 38.2 Å². The van der Waals surface area contributed by atoms with Crippen molar-refractivity contribution in [2.24, 2.45) is 7.05 Å². The summed E-state index contributed by atoms with van der Waals surface area (Å²) < 4.78 is 19.1. The highest BCUT2D eigenvalue weighted by Gasteiger charge is 2.40. The van der Waals surface area contributed by atoms with E-state index in [2.05, 4.69) is 41.4 Å². The van der Waals surface area contributed by atoms with Gasteiger partial charge in [0.25, 0.3) is 11.8 Å². The zero-order valence-electron chi connectivity index (χ0n) is 35.9. The van der Waals surface area contributed by atoms with Gasteiger partial charge in [-0.05, 0) is 93.1 Å². The van der Waals surface area contributed by atoms with Crippen molar-refractivity contribution in [3.8, 4) is 17.3 Å². The summed E-state index contributed by atoms with van der Waals surface area (Å²) in [6, 6.07) is 20.9. The summed E-state index contributed by atoms with van der Waals surface area (Å²) >= 11 is 0. The number of unbranched alkanes of at least 4 members (excludes halogenated alkanes) is 2. The molecule has 5 amide bonds. The monoisotopic (exact) mass is 872 g/mol. The van der Waals surface area contributed by atoms with Crippen LogP contribution in [0.25, 0.3) is 11.5 Å². The highest BCUT2D eigenvalue weighted by molar-refractivity contribution is 6.07. The first-order valence-corrected chi connectivity index (χ1v) is 21.4. The Morgan fingerprint density at radius 1 is 0.906 bits per heavy atom. The molecule has 0 radical (unpaired) electrons. The van der Waals surface area contributed by atoms with Gasteiger partial charge in [-0.3, -0.25) is 29.3 Å². The Bertz CT molecular complexity index is 2430. The van der Waals surface area contributed by atoms with E-state index < -0.39 is 11.9 Å². The molecule has 1 fully saturated rings. The van der Waals surface area contributed by atoms with Gasteiger partial charge in [-0.2, -0.15) is 0 Å². The molecule has 5 aromatic rings. The van der Waals surface area contributed by atoms with Gasteiger partial charge < -0.3 is 39.6 Å². The van der Waals surface area contributed by atoms with Gasteiger partial charge in [-0.25, -0.2) is 9.97 Å². The number of carbonyl (C=O) groups is 5. The third kappa shape index (κ3) is 11.7. The van der Waals surface area contributed by atoms with Crippen LogP contribution in [0.2, 0.25) is 0 Å². The first kappa shape index (κ1) is 45.0. The number of benzene rings is 3. The number of piperidine rings is 1. The second kappa shape index (κ2) is 21.8. The van der Waals surface area contributed by atoms with Crippen LogP contribution in [0.15, 0.2) is 85.3 Å².